The molecule has 6 nitrogen and oxygen atoms in total. The van der Waals surface area contributed by atoms with Gasteiger partial charge in [-0.1, -0.05) is 60.3 Å². The van der Waals surface area contributed by atoms with Crippen LogP contribution in [0.2, 0.25) is 0 Å². The van der Waals surface area contributed by atoms with E-state index in [1.165, 1.54) is 17.8 Å². The number of ether oxygens (including phenoxy) is 1. The lowest BCUT2D eigenvalue weighted by Gasteiger charge is -2.11. The maximum Gasteiger partial charge on any atom is 0.387 e. The molecule has 3 aromatic rings. The van der Waals surface area contributed by atoms with Crippen LogP contribution >= 0.6 is 11.8 Å². The van der Waals surface area contributed by atoms with E-state index >= 15 is 0 Å². The predicted octanol–water partition coefficient (Wildman–Crippen LogP) is 3.64. The number of hydrogen-bond donors (Lipinski definition) is 1. The minimum atomic E-state index is -2.92. The summed E-state index contributed by atoms with van der Waals surface area (Å²) in [5.74, 6) is 0.697. The van der Waals surface area contributed by atoms with Gasteiger partial charge in [-0.15, -0.1) is 10.2 Å². The quantitative estimate of drug-likeness (QED) is 0.538. The van der Waals surface area contributed by atoms with Crippen LogP contribution in [0.1, 0.15) is 17.0 Å². The molecule has 1 aromatic heterocycles. The monoisotopic (exact) mass is 418 g/mol. The molecule has 1 heterocycles. The number of benzene rings is 2. The van der Waals surface area contributed by atoms with Crippen molar-refractivity contribution in [2.75, 3.05) is 5.75 Å². The zero-order valence-electron chi connectivity index (χ0n) is 15.7. The van der Waals surface area contributed by atoms with Gasteiger partial charge in [0.2, 0.25) is 5.91 Å². The highest BCUT2D eigenvalue weighted by molar-refractivity contribution is 7.99. The first-order valence-corrected chi connectivity index (χ1v) is 9.87. The van der Waals surface area contributed by atoms with Crippen molar-refractivity contribution in [2.24, 2.45) is 0 Å². The molecule has 0 bridgehead atoms. The number of carbonyl (C=O) groups is 1. The summed E-state index contributed by atoms with van der Waals surface area (Å²) in [5, 5.41) is 11.6. The van der Waals surface area contributed by atoms with E-state index in [1.807, 2.05) is 41.8 Å². The standard InChI is InChI=1S/C20H20F2N4O2S/c1-14-24-25-20(26(14)12-15-7-3-2-4-8-15)29-13-18(27)23-11-16-9-5-6-10-17(16)28-19(21)22/h2-10,19H,11-13H2,1H3,(H,23,27). The topological polar surface area (TPSA) is 69.0 Å². The Bertz CT molecular complexity index is 951. The first-order chi connectivity index (χ1) is 14.0. The summed E-state index contributed by atoms with van der Waals surface area (Å²) < 4.78 is 31.4. The second-order valence-corrected chi connectivity index (χ2v) is 7.10. The number of para-hydroxylation sites is 1. The molecule has 0 aliphatic carbocycles. The summed E-state index contributed by atoms with van der Waals surface area (Å²) in [6, 6.07) is 16.3. The number of alkyl halides is 2. The number of rotatable bonds is 9. The molecule has 0 fully saturated rings. The number of hydrogen-bond acceptors (Lipinski definition) is 5. The van der Waals surface area contributed by atoms with Crippen molar-refractivity contribution in [3.05, 3.63) is 71.5 Å². The smallest absolute Gasteiger partial charge is 0.387 e. The number of carbonyl (C=O) groups excluding carboxylic acids is 1. The molecule has 0 unspecified atom stereocenters. The van der Waals surface area contributed by atoms with Crippen molar-refractivity contribution >= 4 is 17.7 Å². The predicted molar refractivity (Wildman–Crippen MR) is 106 cm³/mol. The maximum atomic E-state index is 12.5. The fourth-order valence-electron chi connectivity index (χ4n) is 2.65. The van der Waals surface area contributed by atoms with Crippen LogP contribution in [0, 0.1) is 6.92 Å². The number of nitrogens with zero attached hydrogens (tertiary/aromatic N) is 3. The number of aromatic nitrogens is 3. The van der Waals surface area contributed by atoms with E-state index < -0.39 is 6.61 Å². The van der Waals surface area contributed by atoms with Crippen molar-refractivity contribution in [3.63, 3.8) is 0 Å². The highest BCUT2D eigenvalue weighted by Crippen LogP contribution is 2.21. The molecule has 3 rings (SSSR count). The second-order valence-electron chi connectivity index (χ2n) is 6.15. The number of halogens is 2. The van der Waals surface area contributed by atoms with Crippen LogP contribution in [-0.4, -0.2) is 33.0 Å². The highest BCUT2D eigenvalue weighted by Gasteiger charge is 2.13. The fourth-order valence-corrected chi connectivity index (χ4v) is 3.47. The molecule has 0 aliphatic rings. The molecule has 0 radical (unpaired) electrons. The number of nitrogens with one attached hydrogen (secondary N) is 1. The average molecular weight is 418 g/mol. The normalized spacial score (nSPS) is 10.9. The van der Waals surface area contributed by atoms with Crippen molar-refractivity contribution < 1.29 is 18.3 Å². The average Bonchev–Trinajstić information content (AvgIpc) is 3.05. The van der Waals surface area contributed by atoms with Gasteiger partial charge in [0.1, 0.15) is 11.6 Å². The minimum absolute atomic E-state index is 0.0497. The van der Waals surface area contributed by atoms with Gasteiger partial charge in [0.25, 0.3) is 0 Å². The van der Waals surface area contributed by atoms with Gasteiger partial charge in [-0.25, -0.2) is 0 Å². The van der Waals surface area contributed by atoms with Gasteiger partial charge < -0.3 is 14.6 Å². The zero-order valence-corrected chi connectivity index (χ0v) is 16.5. The Morgan fingerprint density at radius 3 is 2.62 bits per heavy atom. The summed E-state index contributed by atoms with van der Waals surface area (Å²) in [7, 11) is 0. The van der Waals surface area contributed by atoms with Crippen LogP contribution in [0.3, 0.4) is 0 Å². The lowest BCUT2D eigenvalue weighted by molar-refractivity contribution is -0.118. The largest absolute Gasteiger partial charge is 0.434 e. The summed E-state index contributed by atoms with van der Waals surface area (Å²) in [6.45, 7) is -0.346. The van der Waals surface area contributed by atoms with Gasteiger partial charge in [-0.3, -0.25) is 4.79 Å². The molecular weight excluding hydrogens is 398 g/mol. The number of amides is 1. The Labute approximate surface area is 171 Å². The lowest BCUT2D eigenvalue weighted by Crippen LogP contribution is -2.25. The van der Waals surface area contributed by atoms with E-state index in [9.17, 15) is 13.6 Å². The lowest BCUT2D eigenvalue weighted by atomic mass is 10.2. The molecule has 1 N–H and O–H groups in total. The minimum Gasteiger partial charge on any atom is -0.434 e. The van der Waals surface area contributed by atoms with E-state index in [-0.39, 0.29) is 24.0 Å². The van der Waals surface area contributed by atoms with E-state index in [2.05, 4.69) is 20.3 Å². The summed E-state index contributed by atoms with van der Waals surface area (Å²) in [4.78, 5) is 12.2. The summed E-state index contributed by atoms with van der Waals surface area (Å²) >= 11 is 1.27. The number of thioether (sulfide) groups is 1. The molecule has 152 valence electrons. The van der Waals surface area contributed by atoms with Crippen LogP contribution in [-0.2, 0) is 17.9 Å². The van der Waals surface area contributed by atoms with Crippen LogP contribution in [0.5, 0.6) is 5.75 Å². The molecule has 1 amide bonds. The Morgan fingerprint density at radius 2 is 1.86 bits per heavy atom. The first-order valence-electron chi connectivity index (χ1n) is 8.89. The van der Waals surface area contributed by atoms with E-state index in [1.54, 1.807) is 18.2 Å². The Kier molecular flexibility index (Phi) is 7.18. The fraction of sp³-hybridized carbons (Fsp3) is 0.250. The van der Waals surface area contributed by atoms with Gasteiger partial charge in [-0.2, -0.15) is 8.78 Å². The molecule has 0 saturated heterocycles. The molecular formula is C20H20F2N4O2S. The van der Waals surface area contributed by atoms with Gasteiger partial charge in [0.05, 0.1) is 12.3 Å². The zero-order chi connectivity index (χ0) is 20.6. The highest BCUT2D eigenvalue weighted by atomic mass is 32.2. The third kappa shape index (κ3) is 6.02. The van der Waals surface area contributed by atoms with Gasteiger partial charge in [0, 0.05) is 12.1 Å². The second kappa shape index (κ2) is 10.0. The van der Waals surface area contributed by atoms with E-state index in [0.29, 0.717) is 17.3 Å². The van der Waals surface area contributed by atoms with Crippen molar-refractivity contribution in [1.29, 1.82) is 0 Å². The molecule has 0 aliphatic heterocycles. The van der Waals surface area contributed by atoms with Crippen LogP contribution in [0.15, 0.2) is 59.8 Å². The first kappa shape index (κ1) is 20.8. The van der Waals surface area contributed by atoms with Gasteiger partial charge >= 0.3 is 6.61 Å². The summed E-state index contributed by atoms with van der Waals surface area (Å²) in [6.07, 6.45) is 0. The Hall–Kier alpha value is -2.94. The molecule has 0 spiro atoms. The van der Waals surface area contributed by atoms with Crippen LogP contribution in [0.4, 0.5) is 8.78 Å². The van der Waals surface area contributed by atoms with E-state index in [0.717, 1.165) is 11.4 Å². The van der Waals surface area contributed by atoms with Crippen LogP contribution in [0.25, 0.3) is 0 Å². The van der Waals surface area contributed by atoms with Crippen LogP contribution < -0.4 is 10.1 Å². The van der Waals surface area contributed by atoms with Crippen molar-refractivity contribution in [2.45, 2.75) is 31.8 Å². The van der Waals surface area contributed by atoms with Gasteiger partial charge in [-0.05, 0) is 18.6 Å². The molecule has 0 saturated carbocycles. The Morgan fingerprint density at radius 1 is 1.14 bits per heavy atom. The molecule has 0 atom stereocenters. The van der Waals surface area contributed by atoms with Crippen molar-refractivity contribution in [1.82, 2.24) is 20.1 Å². The van der Waals surface area contributed by atoms with Gasteiger partial charge in [0.15, 0.2) is 5.16 Å². The third-order valence-electron chi connectivity index (χ3n) is 4.08. The molecule has 9 heteroatoms. The maximum absolute atomic E-state index is 12.5. The number of aryl methyl sites for hydroxylation is 1. The van der Waals surface area contributed by atoms with Crippen molar-refractivity contribution in [3.8, 4) is 5.75 Å². The SMILES string of the molecule is Cc1nnc(SCC(=O)NCc2ccccc2OC(F)F)n1Cc1ccccc1. The molecule has 2 aromatic carbocycles. The molecule has 29 heavy (non-hydrogen) atoms. The third-order valence-corrected chi connectivity index (χ3v) is 5.05. The Balaban J connectivity index is 1.56. The summed E-state index contributed by atoms with van der Waals surface area (Å²) in [5.41, 5.74) is 1.59. The van der Waals surface area contributed by atoms with E-state index in [4.69, 9.17) is 0 Å².